The molecule has 3 N–H and O–H groups in total. The summed E-state index contributed by atoms with van der Waals surface area (Å²) in [5, 5.41) is 0.286. The number of pyridine rings is 1. The number of nitrogens with one attached hydrogen (secondary N) is 1. The van der Waals surface area contributed by atoms with Crippen molar-refractivity contribution >= 4 is 38.2 Å². The molecule has 0 radical (unpaired) electrons. The van der Waals surface area contributed by atoms with Gasteiger partial charge in [0.15, 0.2) is 0 Å². The lowest BCUT2D eigenvalue weighted by Crippen LogP contribution is -2.36. The van der Waals surface area contributed by atoms with Gasteiger partial charge in [-0.05, 0) is 72.3 Å². The largest absolute Gasteiger partial charge is 0.480 e. The van der Waals surface area contributed by atoms with Crippen molar-refractivity contribution in [3.05, 3.63) is 95.2 Å². The number of sulfonamides is 1. The maximum atomic E-state index is 13.7. The standard InChI is InChI=1S/C30H27FN6O5S/c1-41-28-27(43(39,40)35-22-5-3-21(31)4-6-22)17-20(18-33-28)19-2-11-26-25(16-19)29(38)37(30(32)34-26)24-9-7-23(8-10-24)36-12-14-42-15-13-36/h2-11,16-18,35H,12-15H2,1H3,(H2,32,34). The van der Waals surface area contributed by atoms with Crippen LogP contribution in [0, 0.1) is 5.82 Å². The van der Waals surface area contributed by atoms with E-state index in [0.717, 1.165) is 30.9 Å². The molecule has 3 heterocycles. The lowest BCUT2D eigenvalue weighted by Gasteiger charge is -2.29. The molecule has 0 saturated carbocycles. The van der Waals surface area contributed by atoms with Crippen LogP contribution in [0.25, 0.3) is 27.7 Å². The number of hydrogen-bond acceptors (Lipinski definition) is 9. The van der Waals surface area contributed by atoms with Gasteiger partial charge in [0.1, 0.15) is 10.7 Å². The maximum Gasteiger partial charge on any atom is 0.267 e. The Morgan fingerprint density at radius 1 is 0.953 bits per heavy atom. The number of methoxy groups -OCH3 is 1. The van der Waals surface area contributed by atoms with Gasteiger partial charge >= 0.3 is 0 Å². The van der Waals surface area contributed by atoms with E-state index in [-0.39, 0.29) is 33.4 Å². The number of anilines is 3. The molecule has 1 saturated heterocycles. The molecule has 0 unspecified atom stereocenters. The first-order chi connectivity index (χ1) is 20.7. The fraction of sp³-hybridized carbons (Fsp3) is 0.167. The molecule has 1 fully saturated rings. The van der Waals surface area contributed by atoms with Gasteiger partial charge < -0.3 is 20.1 Å². The third kappa shape index (κ3) is 5.59. The number of nitrogen functional groups attached to an aromatic ring is 1. The fourth-order valence-corrected chi connectivity index (χ4v) is 6.13. The van der Waals surface area contributed by atoms with E-state index < -0.39 is 15.8 Å². The van der Waals surface area contributed by atoms with Crippen molar-refractivity contribution in [1.29, 1.82) is 0 Å². The predicted octanol–water partition coefficient (Wildman–Crippen LogP) is 3.82. The Morgan fingerprint density at radius 2 is 1.65 bits per heavy atom. The summed E-state index contributed by atoms with van der Waals surface area (Å²) < 4.78 is 54.2. The van der Waals surface area contributed by atoms with Crippen molar-refractivity contribution in [3.63, 3.8) is 0 Å². The fourth-order valence-electron chi connectivity index (χ4n) is 4.93. The first-order valence-corrected chi connectivity index (χ1v) is 14.8. The highest BCUT2D eigenvalue weighted by molar-refractivity contribution is 7.92. The lowest BCUT2D eigenvalue weighted by atomic mass is 10.1. The van der Waals surface area contributed by atoms with Gasteiger partial charge in [0.05, 0.1) is 36.9 Å². The van der Waals surface area contributed by atoms with Gasteiger partial charge in [0, 0.05) is 36.2 Å². The zero-order chi connectivity index (χ0) is 30.1. The van der Waals surface area contributed by atoms with E-state index in [9.17, 15) is 17.6 Å². The highest BCUT2D eigenvalue weighted by Gasteiger charge is 2.23. The zero-order valence-corrected chi connectivity index (χ0v) is 23.8. The Kier molecular flexibility index (Phi) is 7.42. The summed E-state index contributed by atoms with van der Waals surface area (Å²) in [6.45, 7) is 2.89. The normalized spacial score (nSPS) is 13.7. The van der Waals surface area contributed by atoms with Crippen molar-refractivity contribution < 1.29 is 22.3 Å². The van der Waals surface area contributed by atoms with E-state index in [0.29, 0.717) is 35.5 Å². The van der Waals surface area contributed by atoms with E-state index >= 15 is 0 Å². The number of morpholine rings is 1. The summed E-state index contributed by atoms with van der Waals surface area (Å²) in [5.41, 5.74) is 8.92. The van der Waals surface area contributed by atoms with Crippen molar-refractivity contribution in [1.82, 2.24) is 14.5 Å². The van der Waals surface area contributed by atoms with Gasteiger partial charge in [0.2, 0.25) is 11.8 Å². The molecule has 2 aromatic heterocycles. The minimum Gasteiger partial charge on any atom is -0.480 e. The third-order valence-corrected chi connectivity index (χ3v) is 8.49. The smallest absolute Gasteiger partial charge is 0.267 e. The number of hydrogen-bond donors (Lipinski definition) is 2. The van der Waals surface area contributed by atoms with Crippen molar-refractivity contribution in [2.45, 2.75) is 4.90 Å². The molecule has 5 aromatic rings. The molecule has 11 nitrogen and oxygen atoms in total. The number of ether oxygens (including phenoxy) is 2. The lowest BCUT2D eigenvalue weighted by molar-refractivity contribution is 0.122. The molecule has 0 atom stereocenters. The summed E-state index contributed by atoms with van der Waals surface area (Å²) in [6.07, 6.45) is 1.45. The molecule has 220 valence electrons. The summed E-state index contributed by atoms with van der Waals surface area (Å²) >= 11 is 0. The SMILES string of the molecule is COc1ncc(-c2ccc3nc(N)n(-c4ccc(N5CCOCC5)cc4)c(=O)c3c2)cc1S(=O)(=O)Nc1ccc(F)cc1. The van der Waals surface area contributed by atoms with Crippen LogP contribution >= 0.6 is 0 Å². The van der Waals surface area contributed by atoms with Gasteiger partial charge in [-0.15, -0.1) is 0 Å². The van der Waals surface area contributed by atoms with Gasteiger partial charge in [-0.2, -0.15) is 0 Å². The summed E-state index contributed by atoms with van der Waals surface area (Å²) in [6, 6.07) is 18.7. The highest BCUT2D eigenvalue weighted by atomic mass is 32.2. The van der Waals surface area contributed by atoms with E-state index in [1.54, 1.807) is 18.2 Å². The quantitative estimate of drug-likeness (QED) is 0.284. The van der Waals surface area contributed by atoms with Crippen molar-refractivity contribution in [3.8, 4) is 22.7 Å². The minimum atomic E-state index is -4.18. The molecule has 13 heteroatoms. The van der Waals surface area contributed by atoms with E-state index in [4.69, 9.17) is 15.2 Å². The molecule has 0 bridgehead atoms. The van der Waals surface area contributed by atoms with Crippen LogP contribution in [0.15, 0.2) is 88.7 Å². The molecule has 43 heavy (non-hydrogen) atoms. The number of nitrogens with two attached hydrogens (primary N) is 1. The Balaban J connectivity index is 1.38. The minimum absolute atomic E-state index is 0.0377. The number of fused-ring (bicyclic) bond motifs is 1. The molecular weight excluding hydrogens is 575 g/mol. The van der Waals surface area contributed by atoms with E-state index in [2.05, 4.69) is 19.6 Å². The van der Waals surface area contributed by atoms with Gasteiger partial charge in [-0.25, -0.2) is 27.3 Å². The predicted molar refractivity (Wildman–Crippen MR) is 162 cm³/mol. The Morgan fingerprint density at radius 3 is 2.35 bits per heavy atom. The van der Waals surface area contributed by atoms with Crippen LogP contribution in [0.2, 0.25) is 0 Å². The topological polar surface area (TPSA) is 142 Å². The second kappa shape index (κ2) is 11.3. The molecule has 0 aliphatic carbocycles. The Hall–Kier alpha value is -5.01. The van der Waals surface area contributed by atoms with Crippen LogP contribution in [0.1, 0.15) is 0 Å². The first-order valence-electron chi connectivity index (χ1n) is 13.3. The number of rotatable bonds is 7. The van der Waals surface area contributed by atoms with Gasteiger partial charge in [0.25, 0.3) is 15.6 Å². The summed E-state index contributed by atoms with van der Waals surface area (Å²) in [4.78, 5) is 24.3. The zero-order valence-electron chi connectivity index (χ0n) is 23.0. The Labute approximate surface area is 246 Å². The van der Waals surface area contributed by atoms with Crippen LogP contribution in [0.5, 0.6) is 5.88 Å². The molecular formula is C30H27FN6O5S. The summed E-state index contributed by atoms with van der Waals surface area (Å²) in [7, 11) is -2.87. The number of benzene rings is 3. The maximum absolute atomic E-state index is 13.7. The van der Waals surface area contributed by atoms with Crippen molar-refractivity contribution in [2.75, 3.05) is 48.8 Å². The molecule has 1 aliphatic rings. The van der Waals surface area contributed by atoms with Crippen LogP contribution < -0.4 is 25.7 Å². The molecule has 6 rings (SSSR count). The number of halogens is 1. The highest BCUT2D eigenvalue weighted by Crippen LogP contribution is 2.30. The first kappa shape index (κ1) is 28.1. The second-order valence-electron chi connectivity index (χ2n) is 9.80. The van der Waals surface area contributed by atoms with E-state index in [1.807, 2.05) is 24.3 Å². The molecule has 3 aromatic carbocycles. The number of aromatic nitrogens is 3. The third-order valence-electron chi connectivity index (χ3n) is 7.11. The average molecular weight is 603 g/mol. The van der Waals surface area contributed by atoms with E-state index in [1.165, 1.54) is 36.1 Å². The second-order valence-corrected chi connectivity index (χ2v) is 11.5. The average Bonchev–Trinajstić information content (AvgIpc) is 3.02. The molecule has 1 aliphatic heterocycles. The summed E-state index contributed by atoms with van der Waals surface area (Å²) in [5.74, 6) is -0.590. The van der Waals surface area contributed by atoms with Crippen LogP contribution in [0.4, 0.5) is 21.7 Å². The van der Waals surface area contributed by atoms with Crippen molar-refractivity contribution in [2.24, 2.45) is 0 Å². The molecule has 0 spiro atoms. The number of nitrogens with zero attached hydrogens (tertiary/aromatic N) is 4. The van der Waals surface area contributed by atoms with Gasteiger partial charge in [-0.3, -0.25) is 9.52 Å². The monoisotopic (exact) mass is 602 g/mol. The van der Waals surface area contributed by atoms with Gasteiger partial charge in [-0.1, -0.05) is 6.07 Å². The Bertz CT molecular complexity index is 1980. The van der Waals surface area contributed by atoms with Crippen LogP contribution in [-0.4, -0.2) is 56.4 Å². The van der Waals surface area contributed by atoms with Crippen LogP contribution in [0.3, 0.4) is 0 Å². The molecule has 0 amide bonds. The van der Waals surface area contributed by atoms with Crippen LogP contribution in [-0.2, 0) is 14.8 Å².